The molecule has 33 heavy (non-hydrogen) atoms. The van der Waals surface area contributed by atoms with E-state index in [9.17, 15) is 14.4 Å². The number of ether oxygens (including phenoxy) is 1. The fourth-order valence-corrected chi connectivity index (χ4v) is 4.25. The van der Waals surface area contributed by atoms with E-state index in [2.05, 4.69) is 0 Å². The van der Waals surface area contributed by atoms with Crippen molar-refractivity contribution in [1.82, 2.24) is 9.80 Å². The van der Waals surface area contributed by atoms with Gasteiger partial charge in [0.2, 0.25) is 0 Å². The van der Waals surface area contributed by atoms with Gasteiger partial charge in [0.15, 0.2) is 6.61 Å². The highest BCUT2D eigenvalue weighted by Crippen LogP contribution is 2.31. The molecule has 170 valence electrons. The third-order valence-corrected chi connectivity index (χ3v) is 6.19. The van der Waals surface area contributed by atoms with E-state index in [-0.39, 0.29) is 31.4 Å². The van der Waals surface area contributed by atoms with E-state index in [4.69, 9.17) is 17.0 Å². The normalized spacial score (nSPS) is 14.8. The largest absolute Gasteiger partial charge is 0.456 e. The molecule has 0 bridgehead atoms. The second-order valence-electron chi connectivity index (χ2n) is 7.27. The van der Waals surface area contributed by atoms with Gasteiger partial charge in [-0.1, -0.05) is 96.8 Å². The lowest BCUT2D eigenvalue weighted by atomic mass is 10.2. The third kappa shape index (κ3) is 7.40. The summed E-state index contributed by atoms with van der Waals surface area (Å²) in [5.41, 5.74) is 2.01. The minimum atomic E-state index is -0.557. The maximum Gasteiger partial charge on any atom is 0.308 e. The Balaban J connectivity index is 1.43. The molecule has 3 rings (SSSR count). The van der Waals surface area contributed by atoms with Crippen molar-refractivity contribution in [1.29, 1.82) is 0 Å². The molecule has 0 atom stereocenters. The van der Waals surface area contributed by atoms with Gasteiger partial charge in [-0.2, -0.15) is 0 Å². The zero-order valence-electron chi connectivity index (χ0n) is 18.2. The lowest BCUT2D eigenvalue weighted by Crippen LogP contribution is -2.33. The number of thioether (sulfide) groups is 1. The molecule has 1 saturated heterocycles. The summed E-state index contributed by atoms with van der Waals surface area (Å²) in [6.07, 6.45) is 5.37. The van der Waals surface area contributed by atoms with Crippen LogP contribution >= 0.6 is 24.0 Å². The van der Waals surface area contributed by atoms with E-state index in [0.717, 1.165) is 11.1 Å². The lowest BCUT2D eigenvalue weighted by molar-refractivity contribution is -0.152. The highest BCUT2D eigenvalue weighted by molar-refractivity contribution is 8.26. The van der Waals surface area contributed by atoms with Gasteiger partial charge in [-0.25, -0.2) is 0 Å². The van der Waals surface area contributed by atoms with Crippen molar-refractivity contribution in [3.05, 3.63) is 88.8 Å². The van der Waals surface area contributed by atoms with Gasteiger partial charge in [0.05, 0.1) is 11.3 Å². The van der Waals surface area contributed by atoms with Crippen molar-refractivity contribution in [2.24, 2.45) is 0 Å². The van der Waals surface area contributed by atoms with Gasteiger partial charge in [-0.05, 0) is 17.2 Å². The van der Waals surface area contributed by atoms with Crippen LogP contribution in [0, 0.1) is 0 Å². The molecular weight excluding hydrogens is 456 g/mol. The predicted molar refractivity (Wildman–Crippen MR) is 134 cm³/mol. The first-order chi connectivity index (χ1) is 15.9. The number of hydrogen-bond acceptors (Lipinski definition) is 6. The first kappa shape index (κ1) is 24.4. The smallest absolute Gasteiger partial charge is 0.308 e. The monoisotopic (exact) mass is 480 g/mol. The Morgan fingerprint density at radius 2 is 1.76 bits per heavy atom. The molecular formula is C25H24N2O4S2. The molecule has 2 aromatic rings. The van der Waals surface area contributed by atoms with Crippen molar-refractivity contribution < 1.29 is 19.1 Å². The first-order valence-electron chi connectivity index (χ1n) is 10.3. The molecule has 1 aliphatic rings. The summed E-state index contributed by atoms with van der Waals surface area (Å²) in [4.78, 5) is 40.3. The first-order valence-corrected chi connectivity index (χ1v) is 11.6. The Bertz CT molecular complexity index is 1070. The van der Waals surface area contributed by atoms with E-state index in [0.29, 0.717) is 15.8 Å². The summed E-state index contributed by atoms with van der Waals surface area (Å²) < 4.78 is 5.48. The number of allylic oxidation sites excluding steroid dienone is 2. The summed E-state index contributed by atoms with van der Waals surface area (Å²) in [5.74, 6) is -1.10. The fraction of sp³-hybridized carbons (Fsp3) is 0.200. The highest BCUT2D eigenvalue weighted by Gasteiger charge is 2.31. The van der Waals surface area contributed by atoms with Crippen LogP contribution in [-0.4, -0.2) is 52.1 Å². The number of carbonyl (C=O) groups excluding carboxylic acids is 3. The number of amides is 2. The van der Waals surface area contributed by atoms with Gasteiger partial charge in [-0.3, -0.25) is 19.3 Å². The van der Waals surface area contributed by atoms with Crippen LogP contribution in [-0.2, 0) is 25.7 Å². The minimum Gasteiger partial charge on any atom is -0.456 e. The number of hydrogen-bond donors (Lipinski definition) is 0. The van der Waals surface area contributed by atoms with Gasteiger partial charge in [0, 0.05) is 20.1 Å². The third-order valence-electron chi connectivity index (χ3n) is 4.79. The molecule has 0 aromatic heterocycles. The van der Waals surface area contributed by atoms with Gasteiger partial charge in [-0.15, -0.1) is 0 Å². The molecule has 1 aliphatic heterocycles. The number of thiocarbonyl (C=S) groups is 1. The van der Waals surface area contributed by atoms with Crippen LogP contribution in [0.1, 0.15) is 17.5 Å². The number of likely N-dealkylation sites (N-methyl/N-ethyl adjacent to an activating group) is 1. The van der Waals surface area contributed by atoms with Crippen LogP contribution in [0.3, 0.4) is 0 Å². The molecule has 0 unspecified atom stereocenters. The summed E-state index contributed by atoms with van der Waals surface area (Å²) in [6.45, 7) is 0.195. The molecule has 0 radical (unpaired) electrons. The Kier molecular flexibility index (Phi) is 8.97. The average molecular weight is 481 g/mol. The molecule has 8 heteroatoms. The minimum absolute atomic E-state index is 0.0464. The molecule has 2 aromatic carbocycles. The van der Waals surface area contributed by atoms with E-state index < -0.39 is 5.97 Å². The molecule has 1 heterocycles. The lowest BCUT2D eigenvalue weighted by Gasteiger charge is -2.17. The zero-order valence-corrected chi connectivity index (χ0v) is 19.8. The summed E-state index contributed by atoms with van der Waals surface area (Å²) in [6, 6.07) is 19.3. The van der Waals surface area contributed by atoms with E-state index in [1.54, 1.807) is 19.2 Å². The van der Waals surface area contributed by atoms with Crippen LogP contribution in [0.15, 0.2) is 77.7 Å². The van der Waals surface area contributed by atoms with Gasteiger partial charge >= 0.3 is 5.97 Å². The fourth-order valence-electron chi connectivity index (χ4n) is 2.99. The molecule has 0 spiro atoms. The molecule has 0 N–H and O–H groups in total. The maximum absolute atomic E-state index is 12.6. The van der Waals surface area contributed by atoms with Crippen molar-refractivity contribution in [2.75, 3.05) is 20.2 Å². The van der Waals surface area contributed by atoms with Crippen LogP contribution in [0.2, 0.25) is 0 Å². The standard InChI is InChI=1S/C25H24N2O4S2/c1-26(17-20-11-6-3-7-12-20)22(28)18-31-23(29)15-16-27-24(30)21(33-25(27)32)14-8-13-19-9-4-2-5-10-19/h2-14H,15-18H2,1H3. The Morgan fingerprint density at radius 1 is 1.09 bits per heavy atom. The SMILES string of the molecule is CN(Cc1ccccc1)C(=O)COC(=O)CCN1C(=O)C(=CC=Cc2ccccc2)SC1=S. The van der Waals surface area contributed by atoms with Gasteiger partial charge in [0.25, 0.3) is 11.8 Å². The number of nitrogens with zero attached hydrogens (tertiary/aromatic N) is 2. The molecule has 0 aliphatic carbocycles. The number of benzene rings is 2. The summed E-state index contributed by atoms with van der Waals surface area (Å²) >= 11 is 6.48. The highest BCUT2D eigenvalue weighted by atomic mass is 32.2. The van der Waals surface area contributed by atoms with Crippen LogP contribution < -0.4 is 0 Å². The Morgan fingerprint density at radius 3 is 2.45 bits per heavy atom. The maximum atomic E-state index is 12.6. The molecule has 2 amide bonds. The number of esters is 1. The van der Waals surface area contributed by atoms with Crippen LogP contribution in [0.5, 0.6) is 0 Å². The van der Waals surface area contributed by atoms with Crippen molar-refractivity contribution in [3.8, 4) is 0 Å². The van der Waals surface area contributed by atoms with Gasteiger partial charge < -0.3 is 9.64 Å². The van der Waals surface area contributed by atoms with Crippen molar-refractivity contribution in [3.63, 3.8) is 0 Å². The van der Waals surface area contributed by atoms with E-state index >= 15 is 0 Å². The van der Waals surface area contributed by atoms with Crippen molar-refractivity contribution in [2.45, 2.75) is 13.0 Å². The number of rotatable bonds is 9. The Hall–Kier alpha value is -3.23. The van der Waals surface area contributed by atoms with Gasteiger partial charge in [0.1, 0.15) is 4.32 Å². The molecule has 0 saturated carbocycles. The topological polar surface area (TPSA) is 66.9 Å². The number of carbonyl (C=O) groups is 3. The Labute approximate surface area is 202 Å². The van der Waals surface area contributed by atoms with E-state index in [1.165, 1.54) is 21.6 Å². The zero-order chi connectivity index (χ0) is 23.6. The van der Waals surface area contributed by atoms with E-state index in [1.807, 2.05) is 66.7 Å². The summed E-state index contributed by atoms with van der Waals surface area (Å²) in [5, 5.41) is 0. The summed E-state index contributed by atoms with van der Waals surface area (Å²) in [7, 11) is 1.65. The molecule has 6 nitrogen and oxygen atoms in total. The quantitative estimate of drug-likeness (QED) is 0.307. The second-order valence-corrected chi connectivity index (χ2v) is 8.95. The average Bonchev–Trinajstić information content (AvgIpc) is 3.09. The van der Waals surface area contributed by atoms with Crippen LogP contribution in [0.4, 0.5) is 0 Å². The molecule has 1 fully saturated rings. The second kappa shape index (κ2) is 12.1. The predicted octanol–water partition coefficient (Wildman–Crippen LogP) is 4.04. The van der Waals surface area contributed by atoms with Crippen LogP contribution in [0.25, 0.3) is 6.08 Å². The van der Waals surface area contributed by atoms with Crippen molar-refractivity contribution >= 4 is 52.2 Å².